The van der Waals surface area contributed by atoms with Crippen LogP contribution in [0.2, 0.25) is 0 Å². The molecule has 3 aromatic rings. The van der Waals surface area contributed by atoms with Crippen LogP contribution >= 0.6 is 0 Å². The molecule has 1 saturated carbocycles. The minimum atomic E-state index is -0.754. The third kappa shape index (κ3) is 10.2. The Balaban J connectivity index is 0.00000282. The molecule has 4 rings (SSSR count). The fraction of sp³-hybridized carbons (Fsp3) is 0.306. The molecular weight excluding hydrogens is 587 g/mol. The van der Waals surface area contributed by atoms with Crippen molar-refractivity contribution in [1.82, 2.24) is 15.5 Å². The number of hydrogen-bond acceptors (Lipinski definition) is 8. The molecule has 1 aliphatic carbocycles. The third-order valence-corrected chi connectivity index (χ3v) is 6.61. The lowest BCUT2D eigenvalue weighted by molar-refractivity contribution is -0.119. The standard InChI is InChI=1S/C34H35FN4O5.C2H4/c1-6-21(7-8-22-9-10-22)17-25(20-40)30(41)29(36-5)19-23-11-16-27(28(35)18-23)31-38-32(44-39-31)24-12-14-26(15-13-24)37-33(42)43-34(2,3)4;1-2/h6,11-18,20,22,29,36H,9-10,19H2,1-5H3,(H,37,42);1-2H2/b21-6-,25-17-;. The largest absolute Gasteiger partial charge is 0.444 e. The second-order valence-corrected chi connectivity index (χ2v) is 11.4. The van der Waals surface area contributed by atoms with E-state index in [9.17, 15) is 14.4 Å². The molecule has 2 aromatic carbocycles. The van der Waals surface area contributed by atoms with Crippen LogP contribution in [0.5, 0.6) is 0 Å². The number of anilines is 1. The number of likely N-dealkylation sites (N-methyl/N-ethyl adjacent to an activating group) is 1. The topological polar surface area (TPSA) is 123 Å². The Bertz CT molecular complexity index is 1670. The SMILES string of the molecule is C/C=C(C#CC1CC1)\C=C(\C=O)C(=O)C(Cc1ccc(-c2noc(-c3ccc(NC(=O)OC(C)(C)C)cc3)n2)c(F)c1)NC.C=C. The molecule has 1 amide bonds. The first kappa shape index (κ1) is 35.3. The van der Waals surface area contributed by atoms with E-state index in [1.807, 2.05) is 0 Å². The molecule has 0 spiro atoms. The zero-order valence-electron chi connectivity index (χ0n) is 26.8. The molecule has 1 aromatic heterocycles. The number of nitrogens with zero attached hydrogens (tertiary/aromatic N) is 2. The van der Waals surface area contributed by atoms with Gasteiger partial charge in [-0.25, -0.2) is 9.18 Å². The number of rotatable bonds is 10. The number of nitrogens with one attached hydrogen (secondary N) is 2. The van der Waals surface area contributed by atoms with Crippen molar-refractivity contribution in [3.05, 3.63) is 90.3 Å². The number of carbonyl (C=O) groups excluding carboxylic acids is 3. The van der Waals surface area contributed by atoms with Gasteiger partial charge in [0.15, 0.2) is 12.1 Å². The van der Waals surface area contributed by atoms with E-state index in [1.165, 1.54) is 18.2 Å². The Morgan fingerprint density at radius 2 is 1.87 bits per heavy atom. The summed E-state index contributed by atoms with van der Waals surface area (Å²) in [5.41, 5.74) is 1.73. The number of halogens is 1. The molecule has 10 heteroatoms. The maximum atomic E-state index is 15.2. The fourth-order valence-corrected chi connectivity index (χ4v) is 4.13. The Kier molecular flexibility index (Phi) is 12.5. The molecule has 1 heterocycles. The van der Waals surface area contributed by atoms with Crippen LogP contribution in [0.3, 0.4) is 0 Å². The van der Waals surface area contributed by atoms with Gasteiger partial charge in [-0.1, -0.05) is 29.1 Å². The molecule has 1 atom stereocenters. The smallest absolute Gasteiger partial charge is 0.412 e. The highest BCUT2D eigenvalue weighted by Gasteiger charge is 2.23. The number of amides is 1. The zero-order valence-corrected chi connectivity index (χ0v) is 26.8. The highest BCUT2D eigenvalue weighted by Crippen LogP contribution is 2.28. The number of allylic oxidation sites excluding steroid dienone is 3. The summed E-state index contributed by atoms with van der Waals surface area (Å²) in [6, 6.07) is 10.4. The van der Waals surface area contributed by atoms with Gasteiger partial charge in [0, 0.05) is 22.7 Å². The Hall–Kier alpha value is -5.14. The second kappa shape index (κ2) is 16.3. The number of Topliss-reactive ketones (excluding diaryl/α,β-unsaturated/α-hetero) is 1. The summed E-state index contributed by atoms with van der Waals surface area (Å²) in [6.45, 7) is 13.1. The number of hydrogen-bond donors (Lipinski definition) is 2. The quantitative estimate of drug-likeness (QED) is 0.0475. The molecule has 1 aliphatic rings. The van der Waals surface area contributed by atoms with Crippen LogP contribution in [0, 0.1) is 23.6 Å². The van der Waals surface area contributed by atoms with Crippen LogP contribution in [0.4, 0.5) is 14.9 Å². The van der Waals surface area contributed by atoms with Crippen LogP contribution in [0.15, 0.2) is 83.4 Å². The van der Waals surface area contributed by atoms with Crippen LogP contribution < -0.4 is 10.6 Å². The predicted octanol–water partition coefficient (Wildman–Crippen LogP) is 6.88. The average molecular weight is 627 g/mol. The fourth-order valence-electron chi connectivity index (χ4n) is 4.13. The lowest BCUT2D eigenvalue weighted by Crippen LogP contribution is -2.37. The first-order valence-electron chi connectivity index (χ1n) is 14.8. The Morgan fingerprint density at radius 3 is 2.43 bits per heavy atom. The van der Waals surface area contributed by atoms with Crippen LogP contribution in [0.25, 0.3) is 22.8 Å². The molecule has 0 bridgehead atoms. The summed E-state index contributed by atoms with van der Waals surface area (Å²) in [6.07, 6.45) is 5.50. The summed E-state index contributed by atoms with van der Waals surface area (Å²) >= 11 is 0. The summed E-state index contributed by atoms with van der Waals surface area (Å²) < 4.78 is 25.8. The molecule has 1 fully saturated rings. The van der Waals surface area contributed by atoms with Crippen molar-refractivity contribution in [1.29, 1.82) is 0 Å². The normalized spacial score (nSPS) is 13.8. The number of ketones is 1. The van der Waals surface area contributed by atoms with Crippen LogP contribution in [-0.2, 0) is 20.7 Å². The molecular formula is C36H39FN4O5. The summed E-state index contributed by atoms with van der Waals surface area (Å²) in [5.74, 6) is 5.77. The lowest BCUT2D eigenvalue weighted by Gasteiger charge is -2.19. The van der Waals surface area contributed by atoms with E-state index in [-0.39, 0.29) is 29.3 Å². The summed E-state index contributed by atoms with van der Waals surface area (Å²) in [5, 5.41) is 9.50. The van der Waals surface area contributed by atoms with Crippen LogP contribution in [0.1, 0.15) is 46.1 Å². The van der Waals surface area contributed by atoms with Crippen molar-refractivity contribution in [2.45, 2.75) is 58.6 Å². The molecule has 240 valence electrons. The summed E-state index contributed by atoms with van der Waals surface area (Å²) in [7, 11) is 1.61. The lowest BCUT2D eigenvalue weighted by atomic mass is 9.96. The van der Waals surface area contributed by atoms with Crippen molar-refractivity contribution < 1.29 is 28.0 Å². The van der Waals surface area contributed by atoms with Crippen LogP contribution in [-0.4, -0.2) is 47.0 Å². The van der Waals surface area contributed by atoms with Crippen molar-refractivity contribution in [2.75, 3.05) is 12.4 Å². The van der Waals surface area contributed by atoms with Gasteiger partial charge in [0.25, 0.3) is 5.89 Å². The molecule has 0 radical (unpaired) electrons. The van der Waals surface area contributed by atoms with Gasteiger partial charge in [-0.15, -0.1) is 13.2 Å². The van der Waals surface area contributed by atoms with E-state index in [1.54, 1.807) is 71.2 Å². The first-order chi connectivity index (χ1) is 22.0. The first-order valence-corrected chi connectivity index (χ1v) is 14.8. The molecule has 0 saturated heterocycles. The van der Waals surface area contributed by atoms with Gasteiger partial charge < -0.3 is 14.6 Å². The predicted molar refractivity (Wildman–Crippen MR) is 176 cm³/mol. The zero-order chi connectivity index (χ0) is 33.9. The number of aromatic nitrogens is 2. The summed E-state index contributed by atoms with van der Waals surface area (Å²) in [4.78, 5) is 41.3. The van der Waals surface area contributed by atoms with Gasteiger partial charge >= 0.3 is 6.09 Å². The van der Waals surface area contributed by atoms with Crippen molar-refractivity contribution in [2.24, 2.45) is 5.92 Å². The van der Waals surface area contributed by atoms with Gasteiger partial charge in [0.1, 0.15) is 11.4 Å². The van der Waals surface area contributed by atoms with E-state index in [4.69, 9.17) is 9.26 Å². The highest BCUT2D eigenvalue weighted by molar-refractivity contribution is 6.14. The molecule has 2 N–H and O–H groups in total. The maximum absolute atomic E-state index is 15.2. The Morgan fingerprint density at radius 1 is 1.17 bits per heavy atom. The van der Waals surface area contributed by atoms with Gasteiger partial charge in [0.2, 0.25) is 5.82 Å². The molecule has 0 aliphatic heterocycles. The van der Waals surface area contributed by atoms with Crippen molar-refractivity contribution >= 4 is 23.9 Å². The number of ether oxygens (including phenoxy) is 1. The van der Waals surface area contributed by atoms with E-state index >= 15 is 4.39 Å². The second-order valence-electron chi connectivity index (χ2n) is 11.4. The molecule has 9 nitrogen and oxygen atoms in total. The highest BCUT2D eigenvalue weighted by atomic mass is 19.1. The van der Waals surface area contributed by atoms with E-state index in [0.717, 1.165) is 12.8 Å². The molecule has 1 unspecified atom stereocenters. The minimum absolute atomic E-state index is 0.00683. The van der Waals surface area contributed by atoms with Gasteiger partial charge in [-0.05, 0) is 102 Å². The Labute approximate surface area is 269 Å². The van der Waals surface area contributed by atoms with Crippen molar-refractivity contribution in [3.63, 3.8) is 0 Å². The average Bonchev–Trinajstić information content (AvgIpc) is 3.74. The number of aldehydes is 1. The van der Waals surface area contributed by atoms with Gasteiger partial charge in [0.05, 0.1) is 17.2 Å². The maximum Gasteiger partial charge on any atom is 0.412 e. The van der Waals surface area contributed by atoms with Gasteiger partial charge in [-0.2, -0.15) is 4.98 Å². The monoisotopic (exact) mass is 626 g/mol. The third-order valence-electron chi connectivity index (χ3n) is 6.61. The van der Waals surface area contributed by atoms with Crippen molar-refractivity contribution in [3.8, 4) is 34.7 Å². The molecule has 46 heavy (non-hydrogen) atoms. The minimum Gasteiger partial charge on any atom is -0.444 e. The number of benzene rings is 2. The van der Waals surface area contributed by atoms with E-state index < -0.39 is 29.3 Å². The van der Waals surface area contributed by atoms with E-state index in [2.05, 4.69) is 45.8 Å². The van der Waals surface area contributed by atoms with Gasteiger partial charge in [-0.3, -0.25) is 14.9 Å². The number of carbonyl (C=O) groups is 3. The van der Waals surface area contributed by atoms with E-state index in [0.29, 0.717) is 34.6 Å².